The van der Waals surface area contributed by atoms with Crippen LogP contribution in [0, 0.1) is 0 Å². The van der Waals surface area contributed by atoms with Gasteiger partial charge in [-0.2, -0.15) is 0 Å². The van der Waals surface area contributed by atoms with Crippen molar-refractivity contribution in [2.24, 2.45) is 0 Å². The van der Waals surface area contributed by atoms with E-state index in [4.69, 9.17) is 0 Å². The molecule has 0 spiro atoms. The molecular formula is C5H10Se. The first-order chi connectivity index (χ1) is 3.00. The topological polar surface area (TPSA) is 0 Å². The second-order valence-corrected chi connectivity index (χ2v) is 4.24. The van der Waals surface area contributed by atoms with Crippen molar-refractivity contribution in [2.75, 3.05) is 0 Å². The summed E-state index contributed by atoms with van der Waals surface area (Å²) in [5.41, 5.74) is 0. The van der Waals surface area contributed by atoms with Crippen LogP contribution in [0.3, 0.4) is 0 Å². The molecule has 0 aliphatic carbocycles. The van der Waals surface area contributed by atoms with Gasteiger partial charge in [-0.05, 0) is 0 Å². The van der Waals surface area contributed by atoms with E-state index < -0.39 is 0 Å². The number of hydrogen-bond acceptors (Lipinski definition) is 0. The van der Waals surface area contributed by atoms with Crippen LogP contribution in [0.25, 0.3) is 0 Å². The van der Waals surface area contributed by atoms with E-state index in [1.807, 2.05) is 0 Å². The van der Waals surface area contributed by atoms with Crippen molar-refractivity contribution in [3.8, 4) is 0 Å². The maximum atomic E-state index is 1.56. The van der Waals surface area contributed by atoms with Gasteiger partial charge in [0.25, 0.3) is 0 Å². The SMILES string of the molecule is C1CC[Se]CC1. The fraction of sp³-hybridized carbons (Fsp3) is 1.00. The molecule has 1 heterocycles. The van der Waals surface area contributed by atoms with E-state index in [0.29, 0.717) is 0 Å². The van der Waals surface area contributed by atoms with Crippen LogP contribution >= 0.6 is 0 Å². The van der Waals surface area contributed by atoms with Gasteiger partial charge in [0, 0.05) is 0 Å². The minimum atomic E-state index is 1.05. The van der Waals surface area contributed by atoms with Crippen LogP contribution in [0.15, 0.2) is 0 Å². The molecule has 1 aliphatic rings. The summed E-state index contributed by atoms with van der Waals surface area (Å²) in [6.45, 7) is 0. The Morgan fingerprint density at radius 2 is 1.50 bits per heavy atom. The Hall–Kier alpha value is 0.519. The van der Waals surface area contributed by atoms with Gasteiger partial charge in [0.05, 0.1) is 0 Å². The number of rotatable bonds is 0. The zero-order valence-electron chi connectivity index (χ0n) is 3.94. The predicted octanol–water partition coefficient (Wildman–Crippen LogP) is 1.71. The van der Waals surface area contributed by atoms with E-state index in [0.717, 1.165) is 15.0 Å². The molecule has 1 saturated heterocycles. The molecule has 0 nitrogen and oxygen atoms in total. The van der Waals surface area contributed by atoms with Gasteiger partial charge in [-0.3, -0.25) is 0 Å². The van der Waals surface area contributed by atoms with E-state index in [9.17, 15) is 0 Å². The van der Waals surface area contributed by atoms with Crippen LogP contribution in [0.2, 0.25) is 10.6 Å². The Balaban J connectivity index is 2.00. The molecule has 1 heteroatoms. The van der Waals surface area contributed by atoms with Crippen molar-refractivity contribution in [2.45, 2.75) is 29.9 Å². The van der Waals surface area contributed by atoms with Gasteiger partial charge < -0.3 is 0 Å². The van der Waals surface area contributed by atoms with Crippen molar-refractivity contribution < 1.29 is 0 Å². The standard InChI is InChI=1S/C5H10Se/c1-2-4-6-5-3-1/h1-5H2. The van der Waals surface area contributed by atoms with Gasteiger partial charge >= 0.3 is 44.9 Å². The third kappa shape index (κ3) is 1.32. The Morgan fingerprint density at radius 3 is 1.67 bits per heavy atom. The van der Waals surface area contributed by atoms with Crippen LogP contribution in [0.1, 0.15) is 19.3 Å². The Bertz CT molecular complexity index is 19.4. The summed E-state index contributed by atoms with van der Waals surface area (Å²) in [6, 6.07) is 0. The van der Waals surface area contributed by atoms with Crippen molar-refractivity contribution in [1.82, 2.24) is 0 Å². The van der Waals surface area contributed by atoms with E-state index >= 15 is 0 Å². The Kier molecular flexibility index (Phi) is 2.07. The van der Waals surface area contributed by atoms with Crippen molar-refractivity contribution in [3.63, 3.8) is 0 Å². The fourth-order valence-electron chi connectivity index (χ4n) is 0.687. The summed E-state index contributed by atoms with van der Waals surface area (Å²) < 4.78 is 0. The summed E-state index contributed by atoms with van der Waals surface area (Å²) in [6.07, 6.45) is 4.57. The minimum absolute atomic E-state index is 1.05. The van der Waals surface area contributed by atoms with Crippen LogP contribution < -0.4 is 0 Å². The molecule has 0 radical (unpaired) electrons. The molecule has 0 unspecified atom stereocenters. The molecule has 0 atom stereocenters. The van der Waals surface area contributed by atoms with E-state index in [-0.39, 0.29) is 0 Å². The van der Waals surface area contributed by atoms with E-state index in [1.165, 1.54) is 19.3 Å². The molecule has 1 rings (SSSR count). The molecule has 0 amide bonds. The number of hydrogen-bond donors (Lipinski definition) is 0. The monoisotopic (exact) mass is 150 g/mol. The molecule has 0 bridgehead atoms. The first-order valence-corrected chi connectivity index (χ1v) is 5.00. The maximum absolute atomic E-state index is 1.56. The molecule has 0 aromatic carbocycles. The Labute approximate surface area is 45.5 Å². The summed E-state index contributed by atoms with van der Waals surface area (Å²) >= 11 is 1.05. The van der Waals surface area contributed by atoms with Gasteiger partial charge in [0.1, 0.15) is 0 Å². The van der Waals surface area contributed by atoms with Crippen LogP contribution in [0.5, 0.6) is 0 Å². The van der Waals surface area contributed by atoms with Gasteiger partial charge in [0.2, 0.25) is 0 Å². The average molecular weight is 149 g/mol. The molecule has 6 heavy (non-hydrogen) atoms. The summed E-state index contributed by atoms with van der Waals surface area (Å²) in [5, 5.41) is 3.12. The zero-order valence-corrected chi connectivity index (χ0v) is 5.66. The van der Waals surface area contributed by atoms with Crippen molar-refractivity contribution in [3.05, 3.63) is 0 Å². The van der Waals surface area contributed by atoms with Gasteiger partial charge in [-0.15, -0.1) is 0 Å². The van der Waals surface area contributed by atoms with Gasteiger partial charge in [0.15, 0.2) is 0 Å². The quantitative estimate of drug-likeness (QED) is 0.460. The molecule has 0 aromatic rings. The molecule has 1 aliphatic heterocycles. The molecule has 1 fully saturated rings. The molecule has 0 saturated carbocycles. The van der Waals surface area contributed by atoms with Crippen LogP contribution in [-0.4, -0.2) is 15.0 Å². The normalized spacial score (nSPS) is 24.0. The van der Waals surface area contributed by atoms with Crippen LogP contribution in [-0.2, 0) is 0 Å². The summed E-state index contributed by atoms with van der Waals surface area (Å²) in [4.78, 5) is 0. The summed E-state index contributed by atoms with van der Waals surface area (Å²) in [5.74, 6) is 0. The third-order valence-electron chi connectivity index (χ3n) is 1.08. The van der Waals surface area contributed by atoms with Crippen LogP contribution in [0.4, 0.5) is 0 Å². The van der Waals surface area contributed by atoms with Gasteiger partial charge in [-0.25, -0.2) is 0 Å². The molecule has 0 N–H and O–H groups in total. The second kappa shape index (κ2) is 2.65. The fourth-order valence-corrected chi connectivity index (χ4v) is 2.83. The summed E-state index contributed by atoms with van der Waals surface area (Å²) in [7, 11) is 0. The predicted molar refractivity (Wildman–Crippen MR) is 29.2 cm³/mol. The first kappa shape index (κ1) is 4.67. The van der Waals surface area contributed by atoms with Crippen molar-refractivity contribution >= 4 is 15.0 Å². The molecule has 36 valence electrons. The van der Waals surface area contributed by atoms with E-state index in [1.54, 1.807) is 10.6 Å². The van der Waals surface area contributed by atoms with E-state index in [2.05, 4.69) is 0 Å². The Morgan fingerprint density at radius 1 is 0.833 bits per heavy atom. The second-order valence-electron chi connectivity index (χ2n) is 1.67. The third-order valence-corrected chi connectivity index (χ3v) is 3.50. The molecule has 0 aromatic heterocycles. The first-order valence-electron chi connectivity index (χ1n) is 2.58. The zero-order chi connectivity index (χ0) is 4.24. The molecular weight excluding hydrogens is 139 g/mol. The van der Waals surface area contributed by atoms with Crippen molar-refractivity contribution in [1.29, 1.82) is 0 Å². The average Bonchev–Trinajstić information content (AvgIpc) is 1.72. The van der Waals surface area contributed by atoms with Gasteiger partial charge in [-0.1, -0.05) is 0 Å².